The molecule has 82 valence electrons. The summed E-state index contributed by atoms with van der Waals surface area (Å²) in [6, 6.07) is 0.420. The maximum Gasteiger partial charge on any atom is 0.195 e. The first-order valence-corrected chi connectivity index (χ1v) is 6.24. The van der Waals surface area contributed by atoms with Crippen molar-refractivity contribution in [1.82, 2.24) is 14.8 Å². The van der Waals surface area contributed by atoms with Gasteiger partial charge in [-0.3, -0.25) is 5.10 Å². The van der Waals surface area contributed by atoms with Gasteiger partial charge in [0.1, 0.15) is 5.82 Å². The van der Waals surface area contributed by atoms with E-state index >= 15 is 0 Å². The van der Waals surface area contributed by atoms with Gasteiger partial charge in [-0.15, -0.1) is 0 Å². The monoisotopic (exact) mass is 223 g/mol. The largest absolute Gasteiger partial charge is 0.301 e. The highest BCUT2D eigenvalue weighted by Crippen LogP contribution is 2.57. The van der Waals surface area contributed by atoms with E-state index in [-0.39, 0.29) is 0 Å². The summed E-state index contributed by atoms with van der Waals surface area (Å²) in [5.41, 5.74) is 0. The fourth-order valence-electron chi connectivity index (χ4n) is 3.03. The Hall–Kier alpha value is -0.640. The van der Waals surface area contributed by atoms with Crippen LogP contribution in [0.15, 0.2) is 0 Å². The van der Waals surface area contributed by atoms with Gasteiger partial charge in [-0.2, -0.15) is 5.10 Å². The lowest BCUT2D eigenvalue weighted by atomic mass is 10.0. The first-order valence-electron chi connectivity index (χ1n) is 5.83. The second-order valence-electron chi connectivity index (χ2n) is 5.27. The summed E-state index contributed by atoms with van der Waals surface area (Å²) in [6.45, 7) is 4.34. The van der Waals surface area contributed by atoms with Crippen LogP contribution in [0, 0.1) is 16.6 Å². The van der Waals surface area contributed by atoms with Crippen molar-refractivity contribution in [3.63, 3.8) is 0 Å². The normalized spacial score (nSPS) is 33.4. The van der Waals surface area contributed by atoms with Gasteiger partial charge in [-0.25, -0.2) is 0 Å². The number of nitrogens with one attached hydrogen (secondary N) is 1. The van der Waals surface area contributed by atoms with Gasteiger partial charge < -0.3 is 4.57 Å². The molecule has 2 unspecified atom stereocenters. The Kier molecular flexibility index (Phi) is 2.03. The van der Waals surface area contributed by atoms with E-state index in [1.165, 1.54) is 25.1 Å². The minimum atomic E-state index is 0.420. The third kappa shape index (κ3) is 1.46. The average molecular weight is 223 g/mol. The lowest BCUT2D eigenvalue weighted by Crippen LogP contribution is -2.10. The summed E-state index contributed by atoms with van der Waals surface area (Å²) in [5, 5.41) is 7.36. The van der Waals surface area contributed by atoms with Crippen molar-refractivity contribution in [3.8, 4) is 0 Å². The highest BCUT2D eigenvalue weighted by Gasteiger charge is 2.47. The molecular weight excluding hydrogens is 206 g/mol. The van der Waals surface area contributed by atoms with Gasteiger partial charge in [-0.1, -0.05) is 0 Å². The van der Waals surface area contributed by atoms with Crippen LogP contribution in [0.4, 0.5) is 0 Å². The highest BCUT2D eigenvalue weighted by atomic mass is 32.1. The van der Waals surface area contributed by atoms with Gasteiger partial charge >= 0.3 is 0 Å². The van der Waals surface area contributed by atoms with Crippen molar-refractivity contribution in [3.05, 3.63) is 10.6 Å². The van der Waals surface area contributed by atoms with Crippen LogP contribution in [0.5, 0.6) is 0 Å². The first-order chi connectivity index (χ1) is 7.16. The maximum atomic E-state index is 5.27. The minimum Gasteiger partial charge on any atom is -0.301 e. The molecule has 2 fully saturated rings. The maximum absolute atomic E-state index is 5.27. The summed E-state index contributed by atoms with van der Waals surface area (Å²) in [6.07, 6.45) is 4.12. The summed E-state index contributed by atoms with van der Waals surface area (Å²) >= 11 is 5.27. The Morgan fingerprint density at radius 3 is 2.60 bits per heavy atom. The van der Waals surface area contributed by atoms with Crippen LogP contribution in [0.25, 0.3) is 0 Å². The molecule has 1 heterocycles. The predicted octanol–water partition coefficient (Wildman–Crippen LogP) is 3.04. The second-order valence-corrected chi connectivity index (χ2v) is 5.66. The number of rotatable bonds is 2. The molecular formula is C11H17N3S. The molecule has 0 saturated heterocycles. The van der Waals surface area contributed by atoms with Crippen LogP contribution in [0.2, 0.25) is 0 Å². The molecule has 15 heavy (non-hydrogen) atoms. The molecule has 0 radical (unpaired) electrons. The Morgan fingerprint density at radius 1 is 1.33 bits per heavy atom. The molecule has 0 aliphatic heterocycles. The van der Waals surface area contributed by atoms with Gasteiger partial charge in [-0.05, 0) is 57.2 Å². The van der Waals surface area contributed by atoms with Crippen LogP contribution in [0.1, 0.15) is 50.9 Å². The minimum absolute atomic E-state index is 0.420. The molecule has 4 heteroatoms. The molecule has 0 bridgehead atoms. The van der Waals surface area contributed by atoms with Crippen LogP contribution >= 0.6 is 12.2 Å². The molecule has 3 nitrogen and oxygen atoms in total. The van der Waals surface area contributed by atoms with E-state index in [9.17, 15) is 0 Å². The number of aromatic amines is 1. The Labute approximate surface area is 94.9 Å². The molecule has 2 saturated carbocycles. The van der Waals surface area contributed by atoms with E-state index < -0.39 is 0 Å². The topological polar surface area (TPSA) is 33.6 Å². The van der Waals surface area contributed by atoms with E-state index in [0.717, 1.165) is 16.6 Å². The average Bonchev–Trinajstić information content (AvgIpc) is 2.62. The van der Waals surface area contributed by atoms with Gasteiger partial charge in [0.05, 0.1) is 0 Å². The molecule has 1 aromatic rings. The zero-order valence-corrected chi connectivity index (χ0v) is 10.0. The van der Waals surface area contributed by atoms with Crippen LogP contribution in [-0.4, -0.2) is 14.8 Å². The third-order valence-corrected chi connectivity index (χ3v) is 4.14. The number of aromatic nitrogens is 3. The van der Waals surface area contributed by atoms with Crippen LogP contribution in [0.3, 0.4) is 0 Å². The molecule has 3 rings (SSSR count). The smallest absolute Gasteiger partial charge is 0.195 e. The third-order valence-electron chi connectivity index (χ3n) is 3.86. The van der Waals surface area contributed by atoms with Crippen molar-refractivity contribution in [1.29, 1.82) is 0 Å². The van der Waals surface area contributed by atoms with Gasteiger partial charge in [0.15, 0.2) is 4.77 Å². The molecule has 2 aliphatic carbocycles. The number of hydrogen-bond acceptors (Lipinski definition) is 2. The summed E-state index contributed by atoms with van der Waals surface area (Å²) in [7, 11) is 0. The molecule has 2 atom stereocenters. The summed E-state index contributed by atoms with van der Waals surface area (Å²) in [5.74, 6) is 3.85. The second kappa shape index (κ2) is 3.17. The lowest BCUT2D eigenvalue weighted by Gasteiger charge is -2.15. The number of H-pyrrole nitrogens is 1. The van der Waals surface area contributed by atoms with Crippen LogP contribution in [-0.2, 0) is 0 Å². The highest BCUT2D eigenvalue weighted by molar-refractivity contribution is 7.71. The Balaban J connectivity index is 1.94. The van der Waals surface area contributed by atoms with Gasteiger partial charge in [0.2, 0.25) is 0 Å². The number of hydrogen-bond donors (Lipinski definition) is 1. The van der Waals surface area contributed by atoms with Crippen molar-refractivity contribution in [2.24, 2.45) is 11.8 Å². The SMILES string of the molecule is CC(C)n1c(C2CC3CC3C2)n[nH]c1=S. The molecule has 1 aromatic heterocycles. The van der Waals surface area contributed by atoms with Crippen molar-refractivity contribution in [2.45, 2.75) is 45.1 Å². The molecule has 0 aromatic carbocycles. The van der Waals surface area contributed by atoms with Crippen LogP contribution < -0.4 is 0 Å². The zero-order chi connectivity index (χ0) is 10.6. The van der Waals surface area contributed by atoms with Gasteiger partial charge in [0, 0.05) is 12.0 Å². The van der Waals surface area contributed by atoms with Crippen molar-refractivity contribution < 1.29 is 0 Å². The molecule has 2 aliphatic rings. The Bertz CT molecular complexity index is 421. The fraction of sp³-hybridized carbons (Fsp3) is 0.818. The van der Waals surface area contributed by atoms with Crippen molar-refractivity contribution >= 4 is 12.2 Å². The van der Waals surface area contributed by atoms with E-state index in [1.54, 1.807) is 0 Å². The van der Waals surface area contributed by atoms with E-state index in [2.05, 4.69) is 28.6 Å². The Morgan fingerprint density at radius 2 is 2.00 bits per heavy atom. The van der Waals surface area contributed by atoms with E-state index in [0.29, 0.717) is 12.0 Å². The molecule has 1 N–H and O–H groups in total. The van der Waals surface area contributed by atoms with Crippen molar-refractivity contribution in [2.75, 3.05) is 0 Å². The molecule has 0 amide bonds. The van der Waals surface area contributed by atoms with E-state index in [4.69, 9.17) is 12.2 Å². The lowest BCUT2D eigenvalue weighted by molar-refractivity contribution is 0.501. The molecule has 0 spiro atoms. The zero-order valence-electron chi connectivity index (χ0n) is 9.23. The fourth-order valence-corrected chi connectivity index (χ4v) is 3.38. The quantitative estimate of drug-likeness (QED) is 0.782. The van der Waals surface area contributed by atoms with E-state index in [1.807, 2.05) is 0 Å². The predicted molar refractivity (Wildman–Crippen MR) is 61.4 cm³/mol. The standard InChI is InChI=1S/C11H17N3S/c1-6(2)14-10(12-13-11(14)15)9-4-7-3-8(7)5-9/h6-9H,3-5H2,1-2H3,(H,13,15). The van der Waals surface area contributed by atoms with Gasteiger partial charge in [0.25, 0.3) is 0 Å². The number of fused-ring (bicyclic) bond motifs is 1. The first kappa shape index (κ1) is 9.58. The number of nitrogens with zero attached hydrogens (tertiary/aromatic N) is 2. The summed E-state index contributed by atoms with van der Waals surface area (Å²) < 4.78 is 2.96. The summed E-state index contributed by atoms with van der Waals surface area (Å²) in [4.78, 5) is 0.